The molecular formula is C25H39N3O4S. The maximum atomic E-state index is 13.8. The van der Waals surface area contributed by atoms with Gasteiger partial charge in [-0.05, 0) is 77.5 Å². The molecular weight excluding hydrogens is 438 g/mol. The number of benzene rings is 1. The molecule has 1 saturated carbocycles. The molecule has 0 bridgehead atoms. The molecule has 2 rings (SSSR count). The molecule has 1 aromatic rings. The second-order valence-electron chi connectivity index (χ2n) is 10.3. The Kier molecular flexibility index (Phi) is 8.85. The van der Waals surface area contributed by atoms with E-state index in [1.165, 1.54) is 0 Å². The quantitative estimate of drug-likeness (QED) is 0.495. The summed E-state index contributed by atoms with van der Waals surface area (Å²) < 4.78 is 5.34. The Morgan fingerprint density at radius 2 is 1.76 bits per heavy atom. The van der Waals surface area contributed by atoms with Crippen molar-refractivity contribution in [1.29, 1.82) is 0 Å². The maximum Gasteiger partial charge on any atom is 0.408 e. The zero-order valence-corrected chi connectivity index (χ0v) is 22.0. The molecule has 184 valence electrons. The van der Waals surface area contributed by atoms with Crippen LogP contribution in [0.5, 0.6) is 0 Å². The van der Waals surface area contributed by atoms with Gasteiger partial charge < -0.3 is 20.3 Å². The van der Waals surface area contributed by atoms with Crippen LogP contribution < -0.4 is 10.6 Å². The largest absolute Gasteiger partial charge is 0.444 e. The lowest BCUT2D eigenvalue weighted by molar-refractivity contribution is -0.143. The number of rotatable bonds is 8. The Bertz CT molecular complexity index is 881. The van der Waals surface area contributed by atoms with Crippen molar-refractivity contribution in [1.82, 2.24) is 15.5 Å². The molecule has 0 radical (unpaired) electrons. The molecule has 0 heterocycles. The van der Waals surface area contributed by atoms with E-state index in [0.29, 0.717) is 0 Å². The van der Waals surface area contributed by atoms with Crippen LogP contribution in [0.1, 0.15) is 70.7 Å². The van der Waals surface area contributed by atoms with E-state index in [2.05, 4.69) is 30.2 Å². The lowest BCUT2D eigenvalue weighted by Crippen LogP contribution is -2.55. The topological polar surface area (TPSA) is 87.7 Å². The molecule has 7 nitrogen and oxygen atoms in total. The first-order chi connectivity index (χ1) is 15.2. The molecule has 1 aromatic carbocycles. The van der Waals surface area contributed by atoms with E-state index in [1.807, 2.05) is 45.9 Å². The minimum Gasteiger partial charge on any atom is -0.444 e. The van der Waals surface area contributed by atoms with Gasteiger partial charge in [0.2, 0.25) is 11.8 Å². The molecule has 8 heteroatoms. The zero-order chi connectivity index (χ0) is 25.1. The predicted molar refractivity (Wildman–Crippen MR) is 133 cm³/mol. The molecule has 0 aromatic heterocycles. The van der Waals surface area contributed by atoms with Gasteiger partial charge in [-0.1, -0.05) is 25.1 Å². The van der Waals surface area contributed by atoms with Crippen LogP contribution in [0, 0.1) is 19.8 Å². The van der Waals surface area contributed by atoms with Gasteiger partial charge in [-0.25, -0.2) is 4.79 Å². The van der Waals surface area contributed by atoms with Gasteiger partial charge in [0.25, 0.3) is 0 Å². The van der Waals surface area contributed by atoms with E-state index in [-0.39, 0.29) is 35.6 Å². The van der Waals surface area contributed by atoms with Crippen molar-refractivity contribution >= 4 is 30.5 Å². The molecule has 1 aliphatic carbocycles. The average molecular weight is 478 g/mol. The van der Waals surface area contributed by atoms with Crippen molar-refractivity contribution in [3.63, 3.8) is 0 Å². The van der Waals surface area contributed by atoms with E-state index < -0.39 is 23.8 Å². The van der Waals surface area contributed by atoms with E-state index >= 15 is 0 Å². The summed E-state index contributed by atoms with van der Waals surface area (Å²) in [6.07, 6.45) is 0.112. The van der Waals surface area contributed by atoms with Crippen molar-refractivity contribution in [2.45, 2.75) is 91.6 Å². The second kappa shape index (κ2) is 10.8. The average Bonchev–Trinajstić information content (AvgIpc) is 3.39. The number of thiol groups is 1. The lowest BCUT2D eigenvalue weighted by Gasteiger charge is -2.35. The maximum absolute atomic E-state index is 13.8. The van der Waals surface area contributed by atoms with Crippen molar-refractivity contribution in [3.05, 3.63) is 34.9 Å². The third kappa shape index (κ3) is 7.39. The van der Waals surface area contributed by atoms with Gasteiger partial charge in [0.1, 0.15) is 17.7 Å². The highest BCUT2D eigenvalue weighted by Gasteiger charge is 2.48. The number of carbonyl (C=O) groups is 3. The first-order valence-corrected chi connectivity index (χ1v) is 12.2. The van der Waals surface area contributed by atoms with Gasteiger partial charge in [-0.15, -0.1) is 0 Å². The van der Waals surface area contributed by atoms with Crippen LogP contribution in [0.3, 0.4) is 0 Å². The van der Waals surface area contributed by atoms with E-state index in [9.17, 15) is 14.4 Å². The number of ether oxygens (including phenoxy) is 1. The first-order valence-electron chi connectivity index (χ1n) is 11.5. The highest BCUT2D eigenvalue weighted by molar-refractivity contribution is 7.80. The van der Waals surface area contributed by atoms with E-state index in [4.69, 9.17) is 4.74 Å². The molecule has 4 unspecified atom stereocenters. The summed E-state index contributed by atoms with van der Waals surface area (Å²) in [4.78, 5) is 41.2. The number of hydrogen-bond acceptors (Lipinski definition) is 5. The minimum absolute atomic E-state index is 0.0827. The van der Waals surface area contributed by atoms with Crippen LogP contribution in [0.4, 0.5) is 4.79 Å². The standard InChI is InChI=1S/C25H39N3O4S/c1-14(2)26-22(29)21(18-10-9-15(3)16(4)11-18)28(20-12-17(20)5)23(30)19(13-33)27-24(31)32-25(6,7)8/h9-11,14,17,19-21,33H,12-13H2,1-8H3,(H,26,29)(H,27,31). The SMILES string of the molecule is Cc1ccc(C(C(=O)NC(C)C)N(C(=O)C(CS)NC(=O)OC(C)(C)C)C2CC2C)cc1C. The number of nitrogens with one attached hydrogen (secondary N) is 2. The zero-order valence-electron chi connectivity index (χ0n) is 21.1. The van der Waals surface area contributed by atoms with Crippen molar-refractivity contribution in [3.8, 4) is 0 Å². The fourth-order valence-corrected chi connectivity index (χ4v) is 3.97. The van der Waals surface area contributed by atoms with Crippen LogP contribution in [0.25, 0.3) is 0 Å². The summed E-state index contributed by atoms with van der Waals surface area (Å²) in [6.45, 7) is 15.1. The van der Waals surface area contributed by atoms with Crippen molar-refractivity contribution < 1.29 is 19.1 Å². The molecule has 0 aliphatic heterocycles. The fraction of sp³-hybridized carbons (Fsp3) is 0.640. The summed E-state index contributed by atoms with van der Waals surface area (Å²) >= 11 is 4.32. The van der Waals surface area contributed by atoms with Crippen LogP contribution in [-0.2, 0) is 14.3 Å². The Morgan fingerprint density at radius 1 is 1.15 bits per heavy atom. The van der Waals surface area contributed by atoms with Gasteiger partial charge in [-0.3, -0.25) is 9.59 Å². The molecule has 2 N–H and O–H groups in total. The van der Waals surface area contributed by atoms with Crippen molar-refractivity contribution in [2.75, 3.05) is 5.75 Å². The van der Waals surface area contributed by atoms with Gasteiger partial charge in [0, 0.05) is 17.8 Å². The summed E-state index contributed by atoms with van der Waals surface area (Å²) in [7, 11) is 0. The molecule has 0 spiro atoms. The number of carbonyl (C=O) groups excluding carboxylic acids is 3. The molecule has 1 fully saturated rings. The summed E-state index contributed by atoms with van der Waals surface area (Å²) in [6, 6.07) is 3.93. The number of amides is 3. The normalized spacial score (nSPS) is 19.5. The Morgan fingerprint density at radius 3 is 2.21 bits per heavy atom. The van der Waals surface area contributed by atoms with Crippen LogP contribution in [0.2, 0.25) is 0 Å². The molecule has 1 aliphatic rings. The monoisotopic (exact) mass is 477 g/mol. The summed E-state index contributed by atoms with van der Waals surface area (Å²) in [5.41, 5.74) is 2.21. The molecule has 0 saturated heterocycles. The summed E-state index contributed by atoms with van der Waals surface area (Å²) in [5, 5.41) is 5.62. The van der Waals surface area contributed by atoms with Gasteiger partial charge in [0.15, 0.2) is 0 Å². The number of nitrogens with zero attached hydrogens (tertiary/aromatic N) is 1. The van der Waals surface area contributed by atoms with Crippen LogP contribution in [-0.4, -0.2) is 52.3 Å². The Hall–Kier alpha value is -2.22. The number of hydrogen-bond donors (Lipinski definition) is 3. The summed E-state index contributed by atoms with van der Waals surface area (Å²) in [5.74, 6) is -0.235. The van der Waals surface area contributed by atoms with E-state index in [1.54, 1.807) is 25.7 Å². The lowest BCUT2D eigenvalue weighted by atomic mass is 9.98. The third-order valence-electron chi connectivity index (χ3n) is 5.65. The van der Waals surface area contributed by atoms with Gasteiger partial charge >= 0.3 is 6.09 Å². The highest BCUT2D eigenvalue weighted by Crippen LogP contribution is 2.41. The smallest absolute Gasteiger partial charge is 0.408 e. The molecule has 33 heavy (non-hydrogen) atoms. The number of alkyl carbamates (subject to hydrolysis) is 1. The highest BCUT2D eigenvalue weighted by atomic mass is 32.1. The van der Waals surface area contributed by atoms with Gasteiger partial charge in [0.05, 0.1) is 0 Å². The molecule has 3 amide bonds. The Labute approximate surface area is 203 Å². The first kappa shape index (κ1) is 27.0. The second-order valence-corrected chi connectivity index (χ2v) is 10.7. The Balaban J connectivity index is 2.45. The molecule has 4 atom stereocenters. The third-order valence-corrected chi connectivity index (χ3v) is 6.02. The van der Waals surface area contributed by atoms with E-state index in [0.717, 1.165) is 23.1 Å². The van der Waals surface area contributed by atoms with Crippen LogP contribution >= 0.6 is 12.6 Å². The van der Waals surface area contributed by atoms with Crippen molar-refractivity contribution in [2.24, 2.45) is 5.92 Å². The minimum atomic E-state index is -0.920. The number of aryl methyl sites for hydroxylation is 2. The fourth-order valence-electron chi connectivity index (χ4n) is 3.72. The predicted octanol–water partition coefficient (Wildman–Crippen LogP) is 3.93. The van der Waals surface area contributed by atoms with Gasteiger partial charge in [-0.2, -0.15) is 12.6 Å². The van der Waals surface area contributed by atoms with Crippen LogP contribution in [0.15, 0.2) is 18.2 Å².